The molecule has 0 aliphatic heterocycles. The van der Waals surface area contributed by atoms with Crippen LogP contribution in [0.1, 0.15) is 33.1 Å². The summed E-state index contributed by atoms with van der Waals surface area (Å²) in [5.41, 5.74) is 0. The second kappa shape index (κ2) is 3.91. The van der Waals surface area contributed by atoms with Crippen molar-refractivity contribution in [3.8, 4) is 0 Å². The summed E-state index contributed by atoms with van der Waals surface area (Å²) in [5, 5.41) is 3.51. The van der Waals surface area contributed by atoms with Gasteiger partial charge < -0.3 is 5.32 Å². The van der Waals surface area contributed by atoms with Crippen molar-refractivity contribution in [2.24, 2.45) is 5.92 Å². The first-order valence-electron chi connectivity index (χ1n) is 4.62. The fraction of sp³-hybridized carbons (Fsp3) is 0.800. The normalized spacial score (nSPS) is 23.8. The van der Waals surface area contributed by atoms with Gasteiger partial charge in [-0.25, -0.2) is 0 Å². The van der Waals surface area contributed by atoms with E-state index in [-0.39, 0.29) is 0 Å². The topological polar surface area (TPSA) is 12.0 Å². The SMILES string of the molecule is C=CC(C)NC(C)C1CCC1. The van der Waals surface area contributed by atoms with Crippen molar-refractivity contribution in [1.82, 2.24) is 5.32 Å². The summed E-state index contributed by atoms with van der Waals surface area (Å²) in [4.78, 5) is 0. The predicted molar refractivity (Wildman–Crippen MR) is 49.6 cm³/mol. The first-order chi connectivity index (χ1) is 5.24. The Morgan fingerprint density at radius 1 is 1.45 bits per heavy atom. The van der Waals surface area contributed by atoms with E-state index in [9.17, 15) is 0 Å². The van der Waals surface area contributed by atoms with Crippen molar-refractivity contribution < 1.29 is 0 Å². The molecule has 2 atom stereocenters. The van der Waals surface area contributed by atoms with E-state index < -0.39 is 0 Å². The Morgan fingerprint density at radius 2 is 2.09 bits per heavy atom. The lowest BCUT2D eigenvalue weighted by Crippen LogP contribution is -2.41. The number of hydrogen-bond acceptors (Lipinski definition) is 1. The van der Waals surface area contributed by atoms with Crippen molar-refractivity contribution in [2.45, 2.75) is 45.2 Å². The third-order valence-corrected chi connectivity index (χ3v) is 2.74. The first kappa shape index (κ1) is 8.79. The van der Waals surface area contributed by atoms with E-state index in [0.29, 0.717) is 12.1 Å². The number of nitrogens with one attached hydrogen (secondary N) is 1. The largest absolute Gasteiger partial charge is 0.308 e. The lowest BCUT2D eigenvalue weighted by molar-refractivity contribution is 0.236. The molecule has 1 fully saturated rings. The summed E-state index contributed by atoms with van der Waals surface area (Å²) in [7, 11) is 0. The smallest absolute Gasteiger partial charge is 0.0221 e. The van der Waals surface area contributed by atoms with Gasteiger partial charge in [-0.1, -0.05) is 12.5 Å². The zero-order valence-electron chi connectivity index (χ0n) is 7.64. The maximum Gasteiger partial charge on any atom is 0.0221 e. The molecule has 1 aliphatic rings. The van der Waals surface area contributed by atoms with Gasteiger partial charge in [0.25, 0.3) is 0 Å². The molecule has 0 aromatic carbocycles. The first-order valence-corrected chi connectivity index (χ1v) is 4.62. The molecule has 64 valence electrons. The van der Waals surface area contributed by atoms with Crippen molar-refractivity contribution in [1.29, 1.82) is 0 Å². The Hall–Kier alpha value is -0.300. The molecule has 1 saturated carbocycles. The van der Waals surface area contributed by atoms with Crippen LogP contribution in [0, 0.1) is 5.92 Å². The quantitative estimate of drug-likeness (QED) is 0.611. The fourth-order valence-corrected chi connectivity index (χ4v) is 1.56. The summed E-state index contributed by atoms with van der Waals surface area (Å²) in [5.74, 6) is 0.928. The third-order valence-electron chi connectivity index (χ3n) is 2.74. The van der Waals surface area contributed by atoms with Crippen LogP contribution in [0.5, 0.6) is 0 Å². The molecule has 0 spiro atoms. The lowest BCUT2D eigenvalue weighted by Gasteiger charge is -2.33. The van der Waals surface area contributed by atoms with Crippen LogP contribution in [-0.2, 0) is 0 Å². The van der Waals surface area contributed by atoms with Gasteiger partial charge in [-0.15, -0.1) is 6.58 Å². The zero-order chi connectivity index (χ0) is 8.27. The molecule has 0 bridgehead atoms. The molecule has 11 heavy (non-hydrogen) atoms. The highest BCUT2D eigenvalue weighted by atomic mass is 14.9. The zero-order valence-corrected chi connectivity index (χ0v) is 7.64. The van der Waals surface area contributed by atoms with E-state index in [1.807, 2.05) is 6.08 Å². The standard InChI is InChI=1S/C10H19N/c1-4-8(2)11-9(3)10-6-5-7-10/h4,8-11H,1,5-7H2,2-3H3. The van der Waals surface area contributed by atoms with Gasteiger partial charge in [-0.3, -0.25) is 0 Å². The molecule has 1 rings (SSSR count). The molecule has 0 saturated heterocycles. The molecule has 0 amide bonds. The second-order valence-corrected chi connectivity index (χ2v) is 3.67. The average molecular weight is 153 g/mol. The van der Waals surface area contributed by atoms with Crippen molar-refractivity contribution in [3.05, 3.63) is 12.7 Å². The van der Waals surface area contributed by atoms with Gasteiger partial charge in [0.1, 0.15) is 0 Å². The predicted octanol–water partition coefficient (Wildman–Crippen LogP) is 2.34. The van der Waals surface area contributed by atoms with E-state index in [2.05, 4.69) is 25.7 Å². The molecule has 1 N–H and O–H groups in total. The highest BCUT2D eigenvalue weighted by Gasteiger charge is 2.23. The summed E-state index contributed by atoms with van der Waals surface area (Å²) in [6, 6.07) is 1.14. The molecule has 0 heterocycles. The third kappa shape index (κ3) is 2.33. The van der Waals surface area contributed by atoms with E-state index in [0.717, 1.165) is 5.92 Å². The molecule has 0 aromatic rings. The van der Waals surface area contributed by atoms with Gasteiger partial charge in [-0.2, -0.15) is 0 Å². The molecule has 0 radical (unpaired) electrons. The fourth-order valence-electron chi connectivity index (χ4n) is 1.56. The summed E-state index contributed by atoms with van der Waals surface area (Å²) in [6.07, 6.45) is 6.23. The van der Waals surface area contributed by atoms with Crippen LogP contribution in [-0.4, -0.2) is 12.1 Å². The van der Waals surface area contributed by atoms with Crippen molar-refractivity contribution >= 4 is 0 Å². The minimum atomic E-state index is 0.464. The van der Waals surface area contributed by atoms with Crippen molar-refractivity contribution in [2.75, 3.05) is 0 Å². The monoisotopic (exact) mass is 153 g/mol. The summed E-state index contributed by atoms with van der Waals surface area (Å²) < 4.78 is 0. The van der Waals surface area contributed by atoms with Crippen molar-refractivity contribution in [3.63, 3.8) is 0 Å². The average Bonchev–Trinajstić information content (AvgIpc) is 1.83. The minimum Gasteiger partial charge on any atom is -0.308 e. The molecule has 2 unspecified atom stereocenters. The lowest BCUT2D eigenvalue weighted by atomic mass is 9.80. The molecular weight excluding hydrogens is 134 g/mol. The molecule has 0 aromatic heterocycles. The van der Waals surface area contributed by atoms with E-state index in [1.165, 1.54) is 19.3 Å². The Labute approximate surface area is 69.9 Å². The van der Waals surface area contributed by atoms with E-state index in [4.69, 9.17) is 0 Å². The highest BCUT2D eigenvalue weighted by molar-refractivity contribution is 4.87. The van der Waals surface area contributed by atoms with Gasteiger partial charge in [0, 0.05) is 12.1 Å². The van der Waals surface area contributed by atoms with Gasteiger partial charge in [0.2, 0.25) is 0 Å². The molecular formula is C10H19N. The van der Waals surface area contributed by atoms with Crippen LogP contribution < -0.4 is 5.32 Å². The molecule has 1 heteroatoms. The Balaban J connectivity index is 2.18. The maximum atomic E-state index is 3.75. The van der Waals surface area contributed by atoms with Crippen LogP contribution in [0.2, 0.25) is 0 Å². The molecule has 1 aliphatic carbocycles. The van der Waals surface area contributed by atoms with Gasteiger partial charge in [0.15, 0.2) is 0 Å². The van der Waals surface area contributed by atoms with Gasteiger partial charge >= 0.3 is 0 Å². The number of rotatable bonds is 4. The summed E-state index contributed by atoms with van der Waals surface area (Å²) in [6.45, 7) is 8.19. The van der Waals surface area contributed by atoms with Crippen LogP contribution >= 0.6 is 0 Å². The number of hydrogen-bond donors (Lipinski definition) is 1. The second-order valence-electron chi connectivity index (χ2n) is 3.67. The highest BCUT2D eigenvalue weighted by Crippen LogP contribution is 2.29. The Kier molecular flexibility index (Phi) is 3.13. The maximum absolute atomic E-state index is 3.75. The summed E-state index contributed by atoms with van der Waals surface area (Å²) >= 11 is 0. The van der Waals surface area contributed by atoms with E-state index in [1.54, 1.807) is 0 Å². The Bertz CT molecular complexity index is 127. The minimum absolute atomic E-state index is 0.464. The van der Waals surface area contributed by atoms with Gasteiger partial charge in [0.05, 0.1) is 0 Å². The molecule has 1 nitrogen and oxygen atoms in total. The van der Waals surface area contributed by atoms with Crippen LogP contribution in [0.15, 0.2) is 12.7 Å². The Morgan fingerprint density at radius 3 is 2.45 bits per heavy atom. The van der Waals surface area contributed by atoms with Crippen LogP contribution in [0.3, 0.4) is 0 Å². The van der Waals surface area contributed by atoms with E-state index >= 15 is 0 Å². The van der Waals surface area contributed by atoms with Crippen LogP contribution in [0.4, 0.5) is 0 Å². The van der Waals surface area contributed by atoms with Gasteiger partial charge in [-0.05, 0) is 32.6 Å². The van der Waals surface area contributed by atoms with Crippen LogP contribution in [0.25, 0.3) is 0 Å².